The molecule has 0 heterocycles. The Bertz CT molecular complexity index is 1260. The fraction of sp³-hybridized carbons (Fsp3) is 0.176. The van der Waals surface area contributed by atoms with Crippen LogP contribution >= 0.6 is 0 Å². The van der Waals surface area contributed by atoms with Gasteiger partial charge >= 0.3 is 11.9 Å². The van der Waals surface area contributed by atoms with E-state index < -0.39 is 11.9 Å². The molecule has 4 aromatic carbocycles. The normalized spacial score (nSPS) is 11.4. The second-order valence-corrected chi connectivity index (χ2v) is 9.06. The third kappa shape index (κ3) is 6.86. The Balaban J connectivity index is 1.74. The van der Waals surface area contributed by atoms with Gasteiger partial charge in [0.1, 0.15) is 0 Å². The monoisotopic (exact) mass is 504 g/mol. The van der Waals surface area contributed by atoms with E-state index in [1.54, 1.807) is 24.3 Å². The first-order valence-electron chi connectivity index (χ1n) is 13.1. The molecule has 0 atom stereocenters. The molecule has 0 saturated heterocycles. The number of carbonyl (C=O) groups excluding carboxylic acids is 2. The maximum Gasteiger partial charge on any atom is 0.343 e. The SMILES string of the molecule is CCCc1ccc(C(=O)OC(=C(OC(=O)c2ccc(CCC)cc2)c2ccccc2)c2ccccc2)cc1. The summed E-state index contributed by atoms with van der Waals surface area (Å²) in [5, 5.41) is 0. The number of carbonyl (C=O) groups is 2. The van der Waals surface area contributed by atoms with Crippen LogP contribution in [0.4, 0.5) is 0 Å². The van der Waals surface area contributed by atoms with Gasteiger partial charge in [0, 0.05) is 11.1 Å². The minimum absolute atomic E-state index is 0.176. The van der Waals surface area contributed by atoms with Crippen LogP contribution in [-0.2, 0) is 22.3 Å². The first-order valence-corrected chi connectivity index (χ1v) is 13.1. The predicted molar refractivity (Wildman–Crippen MR) is 151 cm³/mol. The van der Waals surface area contributed by atoms with Crippen molar-refractivity contribution >= 4 is 23.5 Å². The Morgan fingerprint density at radius 2 is 0.816 bits per heavy atom. The number of rotatable bonds is 10. The maximum atomic E-state index is 13.3. The van der Waals surface area contributed by atoms with Crippen molar-refractivity contribution in [2.75, 3.05) is 0 Å². The highest BCUT2D eigenvalue weighted by atomic mass is 16.6. The molecule has 0 fully saturated rings. The number of esters is 2. The van der Waals surface area contributed by atoms with Crippen LogP contribution < -0.4 is 0 Å². The molecule has 0 radical (unpaired) electrons. The van der Waals surface area contributed by atoms with Crippen LogP contribution in [0.25, 0.3) is 11.5 Å². The molecular formula is C34H32O4. The van der Waals surface area contributed by atoms with Gasteiger partial charge in [0.05, 0.1) is 11.1 Å². The minimum atomic E-state index is -0.527. The van der Waals surface area contributed by atoms with Crippen LogP contribution in [-0.4, -0.2) is 11.9 Å². The van der Waals surface area contributed by atoms with Crippen molar-refractivity contribution in [1.29, 1.82) is 0 Å². The van der Waals surface area contributed by atoms with E-state index in [0.29, 0.717) is 22.3 Å². The molecule has 0 amide bonds. The topological polar surface area (TPSA) is 52.6 Å². The Kier molecular flexibility index (Phi) is 9.25. The second-order valence-electron chi connectivity index (χ2n) is 9.06. The van der Waals surface area contributed by atoms with Crippen molar-refractivity contribution in [3.63, 3.8) is 0 Å². The standard InChI is InChI=1S/C34H32O4/c1-3-11-25-17-21-29(22-18-25)33(35)37-31(27-13-7-5-8-14-27)32(28-15-9-6-10-16-28)38-34(36)30-23-19-26(12-4-2)20-24-30/h5-10,13-24H,3-4,11-12H2,1-2H3. The second kappa shape index (κ2) is 13.2. The smallest absolute Gasteiger partial charge is 0.343 e. The summed E-state index contributed by atoms with van der Waals surface area (Å²) in [5.41, 5.74) is 4.40. The Morgan fingerprint density at radius 3 is 1.13 bits per heavy atom. The summed E-state index contributed by atoms with van der Waals surface area (Å²) in [6, 6.07) is 33.2. The van der Waals surface area contributed by atoms with E-state index in [2.05, 4.69) is 13.8 Å². The van der Waals surface area contributed by atoms with E-state index in [1.165, 1.54) is 0 Å². The van der Waals surface area contributed by atoms with Crippen LogP contribution in [0, 0.1) is 0 Å². The quantitative estimate of drug-likeness (QED) is 0.124. The molecule has 0 saturated carbocycles. The summed E-state index contributed by atoms with van der Waals surface area (Å²) in [6.07, 6.45) is 3.94. The molecule has 0 aliphatic carbocycles. The van der Waals surface area contributed by atoms with Crippen molar-refractivity contribution in [2.24, 2.45) is 0 Å². The first-order chi connectivity index (χ1) is 18.6. The Hall–Kier alpha value is -4.44. The molecular weight excluding hydrogens is 472 g/mol. The highest BCUT2D eigenvalue weighted by Gasteiger charge is 2.22. The Morgan fingerprint density at radius 1 is 0.474 bits per heavy atom. The van der Waals surface area contributed by atoms with E-state index >= 15 is 0 Å². The number of hydrogen-bond acceptors (Lipinski definition) is 4. The molecule has 4 nitrogen and oxygen atoms in total. The molecule has 0 aliphatic rings. The lowest BCUT2D eigenvalue weighted by Gasteiger charge is -2.16. The summed E-state index contributed by atoms with van der Waals surface area (Å²) in [4.78, 5) is 26.6. The van der Waals surface area contributed by atoms with Gasteiger partial charge in [0.25, 0.3) is 0 Å². The third-order valence-corrected chi connectivity index (χ3v) is 6.12. The zero-order valence-corrected chi connectivity index (χ0v) is 21.9. The molecule has 0 aromatic heterocycles. The molecule has 0 N–H and O–H groups in total. The average Bonchev–Trinajstić information content (AvgIpc) is 2.97. The van der Waals surface area contributed by atoms with Gasteiger partial charge in [-0.25, -0.2) is 9.59 Å². The summed E-state index contributed by atoms with van der Waals surface area (Å²) in [5.74, 6) is -0.702. The van der Waals surface area contributed by atoms with E-state index in [9.17, 15) is 9.59 Å². The van der Waals surface area contributed by atoms with Gasteiger partial charge < -0.3 is 9.47 Å². The van der Waals surface area contributed by atoms with E-state index in [4.69, 9.17) is 9.47 Å². The summed E-state index contributed by atoms with van der Waals surface area (Å²) >= 11 is 0. The lowest BCUT2D eigenvalue weighted by Crippen LogP contribution is -2.11. The van der Waals surface area contributed by atoms with Crippen molar-refractivity contribution in [1.82, 2.24) is 0 Å². The summed E-state index contributed by atoms with van der Waals surface area (Å²) in [6.45, 7) is 4.23. The van der Waals surface area contributed by atoms with E-state index in [1.807, 2.05) is 84.9 Å². The highest BCUT2D eigenvalue weighted by Crippen LogP contribution is 2.30. The summed E-state index contributed by atoms with van der Waals surface area (Å²) in [7, 11) is 0. The molecule has 192 valence electrons. The molecule has 0 spiro atoms. The van der Waals surface area contributed by atoms with Gasteiger partial charge in [-0.15, -0.1) is 0 Å². The van der Waals surface area contributed by atoms with Crippen molar-refractivity contribution in [2.45, 2.75) is 39.5 Å². The summed E-state index contributed by atoms with van der Waals surface area (Å²) < 4.78 is 12.0. The molecule has 4 aromatic rings. The first kappa shape index (κ1) is 26.6. The van der Waals surface area contributed by atoms with Gasteiger partial charge in [-0.05, 0) is 48.2 Å². The van der Waals surface area contributed by atoms with Crippen LogP contribution in [0.15, 0.2) is 109 Å². The van der Waals surface area contributed by atoms with Crippen molar-refractivity contribution in [3.8, 4) is 0 Å². The zero-order valence-electron chi connectivity index (χ0n) is 21.9. The largest absolute Gasteiger partial charge is 0.418 e. The number of benzene rings is 4. The molecule has 0 bridgehead atoms. The van der Waals surface area contributed by atoms with Crippen molar-refractivity contribution < 1.29 is 19.1 Å². The minimum Gasteiger partial charge on any atom is -0.418 e. The average molecular weight is 505 g/mol. The molecule has 0 aliphatic heterocycles. The predicted octanol–water partition coefficient (Wildman–Crippen LogP) is 8.13. The number of ether oxygens (including phenoxy) is 2. The van der Waals surface area contributed by atoms with Gasteiger partial charge in [0.2, 0.25) is 0 Å². The fourth-order valence-corrected chi connectivity index (χ4v) is 4.15. The Labute approximate surface area is 224 Å². The van der Waals surface area contributed by atoms with E-state index in [-0.39, 0.29) is 11.5 Å². The molecule has 38 heavy (non-hydrogen) atoms. The maximum absolute atomic E-state index is 13.3. The number of aryl methyl sites for hydroxylation is 2. The van der Waals surface area contributed by atoms with Crippen LogP contribution in [0.3, 0.4) is 0 Å². The molecule has 4 rings (SSSR count). The molecule has 0 unspecified atom stereocenters. The molecule has 4 heteroatoms. The zero-order chi connectivity index (χ0) is 26.7. The van der Waals surface area contributed by atoms with Crippen molar-refractivity contribution in [3.05, 3.63) is 143 Å². The van der Waals surface area contributed by atoms with Crippen LogP contribution in [0.5, 0.6) is 0 Å². The highest BCUT2D eigenvalue weighted by molar-refractivity contribution is 6.00. The van der Waals surface area contributed by atoms with Crippen LogP contribution in [0.1, 0.15) is 69.7 Å². The lowest BCUT2D eigenvalue weighted by atomic mass is 10.1. The van der Waals surface area contributed by atoms with Crippen LogP contribution in [0.2, 0.25) is 0 Å². The lowest BCUT2D eigenvalue weighted by molar-refractivity contribution is 0.0646. The van der Waals surface area contributed by atoms with Gasteiger partial charge in [-0.1, -0.05) is 112 Å². The third-order valence-electron chi connectivity index (χ3n) is 6.12. The van der Waals surface area contributed by atoms with Gasteiger partial charge in [-0.3, -0.25) is 0 Å². The van der Waals surface area contributed by atoms with Gasteiger partial charge in [-0.2, -0.15) is 0 Å². The van der Waals surface area contributed by atoms with E-state index in [0.717, 1.165) is 36.8 Å². The fourth-order valence-electron chi connectivity index (χ4n) is 4.15. The number of hydrogen-bond donors (Lipinski definition) is 0. The van der Waals surface area contributed by atoms with Gasteiger partial charge in [0.15, 0.2) is 11.5 Å².